The number of aryl methyl sites for hydroxylation is 1. The van der Waals surface area contributed by atoms with Crippen molar-refractivity contribution >= 4 is 11.6 Å². The van der Waals surface area contributed by atoms with Gasteiger partial charge in [-0.1, -0.05) is 18.2 Å². The van der Waals surface area contributed by atoms with Crippen LogP contribution < -0.4 is 10.2 Å². The Morgan fingerprint density at radius 2 is 1.92 bits per heavy atom. The Morgan fingerprint density at radius 1 is 1.20 bits per heavy atom. The molecule has 2 fully saturated rings. The molecule has 1 spiro atoms. The number of hydrogen-bond donors (Lipinski definition) is 1. The van der Waals surface area contributed by atoms with Crippen LogP contribution in [0.15, 0.2) is 24.3 Å². The number of carbonyl (C=O) groups is 1. The first-order valence-corrected chi connectivity index (χ1v) is 9.57. The highest BCUT2D eigenvalue weighted by molar-refractivity contribution is 5.82. The molecule has 3 aliphatic rings. The largest absolute Gasteiger partial charge is 0.359 e. The standard InChI is InChI=1S/C20H28N2O3/c1-15-6-7-16-4-2-3-5-18(16)22(15)14-19(23)21-17-8-10-20(11-9-17)24-12-13-25-20/h2-5,15,17H,6-14H2,1H3,(H,21,23). The van der Waals surface area contributed by atoms with Crippen LogP contribution in [0.1, 0.15) is 44.6 Å². The van der Waals surface area contributed by atoms with Crippen molar-refractivity contribution in [3.63, 3.8) is 0 Å². The number of benzene rings is 1. The SMILES string of the molecule is CC1CCc2ccccc2N1CC(=O)NC1CCC2(CC1)OCCO2. The second-order valence-electron chi connectivity index (χ2n) is 7.59. The molecule has 0 radical (unpaired) electrons. The fourth-order valence-electron chi connectivity index (χ4n) is 4.42. The molecule has 1 aromatic carbocycles. The van der Waals surface area contributed by atoms with Crippen molar-refractivity contribution in [3.8, 4) is 0 Å². The summed E-state index contributed by atoms with van der Waals surface area (Å²) in [4.78, 5) is 14.9. The summed E-state index contributed by atoms with van der Waals surface area (Å²) in [5, 5.41) is 3.23. The zero-order chi connectivity index (χ0) is 17.3. The van der Waals surface area contributed by atoms with Crippen LogP contribution in [-0.2, 0) is 20.7 Å². The van der Waals surface area contributed by atoms with E-state index >= 15 is 0 Å². The lowest BCUT2D eigenvalue weighted by atomic mass is 9.90. The quantitative estimate of drug-likeness (QED) is 0.916. The molecular formula is C20H28N2O3. The van der Waals surface area contributed by atoms with Gasteiger partial charge in [0.1, 0.15) is 0 Å². The minimum Gasteiger partial charge on any atom is -0.359 e. The highest BCUT2D eigenvalue weighted by atomic mass is 16.7. The first kappa shape index (κ1) is 16.9. The van der Waals surface area contributed by atoms with E-state index in [1.54, 1.807) is 0 Å². The van der Waals surface area contributed by atoms with Crippen LogP contribution in [0.25, 0.3) is 0 Å². The third-order valence-electron chi connectivity index (χ3n) is 5.90. The van der Waals surface area contributed by atoms with Crippen molar-refractivity contribution in [1.82, 2.24) is 5.32 Å². The summed E-state index contributed by atoms with van der Waals surface area (Å²) in [5.41, 5.74) is 2.57. The number of anilines is 1. The number of nitrogens with zero attached hydrogens (tertiary/aromatic N) is 1. The molecule has 2 aliphatic heterocycles. The van der Waals surface area contributed by atoms with E-state index in [9.17, 15) is 4.79 Å². The summed E-state index contributed by atoms with van der Waals surface area (Å²) in [5.74, 6) is -0.237. The normalized spacial score (nSPS) is 25.8. The number of hydrogen-bond acceptors (Lipinski definition) is 4. The van der Waals surface area contributed by atoms with Gasteiger partial charge < -0.3 is 19.7 Å². The lowest BCUT2D eigenvalue weighted by Gasteiger charge is -2.38. The summed E-state index contributed by atoms with van der Waals surface area (Å²) in [6.45, 7) is 4.04. The van der Waals surface area contributed by atoms with Gasteiger partial charge in [0.05, 0.1) is 19.8 Å². The number of ether oxygens (including phenoxy) is 2. The van der Waals surface area contributed by atoms with Crippen molar-refractivity contribution in [1.29, 1.82) is 0 Å². The van der Waals surface area contributed by atoms with Gasteiger partial charge in [0, 0.05) is 30.6 Å². The molecule has 0 bridgehead atoms. The Labute approximate surface area is 149 Å². The number of para-hydroxylation sites is 1. The molecule has 1 aromatic rings. The number of nitrogens with one attached hydrogen (secondary N) is 1. The summed E-state index contributed by atoms with van der Waals surface area (Å²) in [7, 11) is 0. The highest BCUT2D eigenvalue weighted by Crippen LogP contribution is 2.36. The third kappa shape index (κ3) is 3.53. The predicted octanol–water partition coefficient (Wildman–Crippen LogP) is 2.63. The first-order chi connectivity index (χ1) is 12.2. The van der Waals surface area contributed by atoms with Crippen molar-refractivity contribution in [2.24, 2.45) is 0 Å². The van der Waals surface area contributed by atoms with E-state index in [1.165, 1.54) is 11.3 Å². The molecule has 1 amide bonds. The van der Waals surface area contributed by atoms with Gasteiger partial charge in [-0.05, 0) is 44.2 Å². The van der Waals surface area contributed by atoms with Gasteiger partial charge in [0.15, 0.2) is 5.79 Å². The fourth-order valence-corrected chi connectivity index (χ4v) is 4.42. The second-order valence-corrected chi connectivity index (χ2v) is 7.59. The van der Waals surface area contributed by atoms with E-state index in [0.717, 1.165) is 38.5 Å². The van der Waals surface area contributed by atoms with Crippen LogP contribution in [0.5, 0.6) is 0 Å². The lowest BCUT2D eigenvalue weighted by Crippen LogP contribution is -2.49. The Morgan fingerprint density at radius 3 is 2.68 bits per heavy atom. The Kier molecular flexibility index (Phi) is 4.69. The van der Waals surface area contributed by atoms with Gasteiger partial charge in [-0.3, -0.25) is 4.79 Å². The molecule has 0 aromatic heterocycles. The van der Waals surface area contributed by atoms with Gasteiger partial charge in [0.25, 0.3) is 0 Å². The van der Waals surface area contributed by atoms with E-state index in [0.29, 0.717) is 25.8 Å². The highest BCUT2D eigenvalue weighted by Gasteiger charge is 2.40. The maximum Gasteiger partial charge on any atom is 0.239 e. The average molecular weight is 344 g/mol. The predicted molar refractivity (Wildman–Crippen MR) is 96.6 cm³/mol. The van der Waals surface area contributed by atoms with E-state index in [1.807, 2.05) is 0 Å². The molecule has 4 rings (SSSR count). The monoisotopic (exact) mass is 344 g/mol. The molecule has 5 heteroatoms. The van der Waals surface area contributed by atoms with E-state index in [-0.39, 0.29) is 17.7 Å². The third-order valence-corrected chi connectivity index (χ3v) is 5.90. The van der Waals surface area contributed by atoms with Crippen molar-refractivity contribution < 1.29 is 14.3 Å². The van der Waals surface area contributed by atoms with Crippen LogP contribution in [0.4, 0.5) is 5.69 Å². The van der Waals surface area contributed by atoms with E-state index < -0.39 is 0 Å². The van der Waals surface area contributed by atoms with Crippen LogP contribution in [-0.4, -0.2) is 43.5 Å². The smallest absolute Gasteiger partial charge is 0.239 e. The zero-order valence-electron chi connectivity index (χ0n) is 15.0. The topological polar surface area (TPSA) is 50.8 Å². The average Bonchev–Trinajstić information content (AvgIpc) is 3.08. The molecule has 136 valence electrons. The summed E-state index contributed by atoms with van der Waals surface area (Å²) in [6, 6.07) is 9.09. The summed E-state index contributed by atoms with van der Waals surface area (Å²) >= 11 is 0. The Balaban J connectivity index is 1.33. The molecule has 1 atom stereocenters. The second kappa shape index (κ2) is 6.96. The minimum atomic E-state index is -0.360. The number of rotatable bonds is 3. The zero-order valence-corrected chi connectivity index (χ0v) is 15.0. The van der Waals surface area contributed by atoms with E-state index in [2.05, 4.69) is 41.4 Å². The molecule has 1 saturated carbocycles. The number of fused-ring (bicyclic) bond motifs is 1. The van der Waals surface area contributed by atoms with Gasteiger partial charge in [-0.2, -0.15) is 0 Å². The molecule has 1 N–H and O–H groups in total. The maximum absolute atomic E-state index is 12.6. The van der Waals surface area contributed by atoms with Crippen molar-refractivity contribution in [2.75, 3.05) is 24.7 Å². The maximum atomic E-state index is 12.6. The van der Waals surface area contributed by atoms with Crippen LogP contribution >= 0.6 is 0 Å². The van der Waals surface area contributed by atoms with Gasteiger partial charge in [-0.15, -0.1) is 0 Å². The van der Waals surface area contributed by atoms with Crippen molar-refractivity contribution in [3.05, 3.63) is 29.8 Å². The number of amides is 1. The fraction of sp³-hybridized carbons (Fsp3) is 0.650. The molecule has 1 aliphatic carbocycles. The van der Waals surface area contributed by atoms with Gasteiger partial charge >= 0.3 is 0 Å². The molecule has 5 nitrogen and oxygen atoms in total. The van der Waals surface area contributed by atoms with E-state index in [4.69, 9.17) is 9.47 Å². The molecule has 1 saturated heterocycles. The molecule has 1 unspecified atom stereocenters. The molecule has 2 heterocycles. The van der Waals surface area contributed by atoms with Gasteiger partial charge in [0.2, 0.25) is 5.91 Å². The van der Waals surface area contributed by atoms with Crippen LogP contribution in [0, 0.1) is 0 Å². The summed E-state index contributed by atoms with van der Waals surface area (Å²) < 4.78 is 11.5. The first-order valence-electron chi connectivity index (χ1n) is 9.57. The Bertz CT molecular complexity index is 617. The lowest BCUT2D eigenvalue weighted by molar-refractivity contribution is -0.180. The molecular weight excluding hydrogens is 316 g/mol. The van der Waals surface area contributed by atoms with Gasteiger partial charge in [-0.25, -0.2) is 0 Å². The minimum absolute atomic E-state index is 0.123. The summed E-state index contributed by atoms with van der Waals surface area (Å²) in [6.07, 6.45) is 5.81. The molecule has 25 heavy (non-hydrogen) atoms. The van der Waals surface area contributed by atoms with Crippen molar-refractivity contribution in [2.45, 2.75) is 63.3 Å². The van der Waals surface area contributed by atoms with Crippen LogP contribution in [0.3, 0.4) is 0 Å². The van der Waals surface area contributed by atoms with Crippen LogP contribution in [0.2, 0.25) is 0 Å². The Hall–Kier alpha value is -1.59. The number of carbonyl (C=O) groups excluding carboxylic acids is 1.